The van der Waals surface area contributed by atoms with E-state index in [0.717, 1.165) is 4.70 Å². The Hall–Kier alpha value is -2.54. The van der Waals surface area contributed by atoms with Gasteiger partial charge in [0.1, 0.15) is 11.5 Å². The van der Waals surface area contributed by atoms with Gasteiger partial charge in [0.05, 0.1) is 15.1 Å². The summed E-state index contributed by atoms with van der Waals surface area (Å²) >= 11 is 1.35. The second kappa shape index (κ2) is 5.45. The molecule has 3 aromatic rings. The number of benzene rings is 2. The van der Waals surface area contributed by atoms with Crippen LogP contribution in [-0.2, 0) is 6.54 Å². The van der Waals surface area contributed by atoms with E-state index in [2.05, 4.69) is 10.3 Å². The third kappa shape index (κ3) is 2.68. The number of aromatic nitrogens is 1. The first kappa shape index (κ1) is 13.4. The highest BCUT2D eigenvalue weighted by atomic mass is 32.1. The molecule has 106 valence electrons. The lowest BCUT2D eigenvalue weighted by atomic mass is 10.2. The van der Waals surface area contributed by atoms with E-state index in [-0.39, 0.29) is 11.5 Å². The molecule has 0 saturated carbocycles. The lowest BCUT2D eigenvalue weighted by Gasteiger charge is -2.07. The molecule has 1 N–H and O–H groups in total. The molecule has 0 bridgehead atoms. The third-order valence-corrected chi connectivity index (χ3v) is 3.82. The van der Waals surface area contributed by atoms with Gasteiger partial charge in [-0.05, 0) is 29.8 Å². The van der Waals surface area contributed by atoms with Crippen molar-refractivity contribution in [2.24, 2.45) is 0 Å². The number of rotatable bonds is 4. The quantitative estimate of drug-likeness (QED) is 0.585. The average molecular weight is 303 g/mol. The van der Waals surface area contributed by atoms with Gasteiger partial charge < -0.3 is 5.32 Å². The Kier molecular flexibility index (Phi) is 3.49. The number of hydrogen-bond donors (Lipinski definition) is 1. The van der Waals surface area contributed by atoms with Crippen molar-refractivity contribution in [2.45, 2.75) is 6.54 Å². The van der Waals surface area contributed by atoms with Crippen LogP contribution in [0.25, 0.3) is 10.2 Å². The Balaban J connectivity index is 1.93. The molecule has 3 rings (SSSR count). The summed E-state index contributed by atoms with van der Waals surface area (Å²) in [6.45, 7) is 0.300. The molecular formula is C14H10FN3O2S. The lowest BCUT2D eigenvalue weighted by Crippen LogP contribution is -2.03. The number of nitrogens with one attached hydrogen (secondary N) is 1. The van der Waals surface area contributed by atoms with Crippen LogP contribution in [0.3, 0.4) is 0 Å². The third-order valence-electron chi connectivity index (χ3n) is 3.03. The zero-order valence-electron chi connectivity index (χ0n) is 10.7. The van der Waals surface area contributed by atoms with Gasteiger partial charge in [-0.3, -0.25) is 10.1 Å². The number of hydrogen-bond acceptors (Lipinski definition) is 5. The maximum absolute atomic E-state index is 13.1. The van der Waals surface area contributed by atoms with Gasteiger partial charge in [-0.2, -0.15) is 0 Å². The Morgan fingerprint density at radius 3 is 2.95 bits per heavy atom. The van der Waals surface area contributed by atoms with Gasteiger partial charge in [0.15, 0.2) is 5.52 Å². The largest absolute Gasteiger partial charge is 0.375 e. The Morgan fingerprint density at radius 2 is 2.19 bits per heavy atom. The molecule has 21 heavy (non-hydrogen) atoms. The smallest absolute Gasteiger partial charge is 0.319 e. The van der Waals surface area contributed by atoms with Crippen LogP contribution in [0.4, 0.5) is 15.8 Å². The standard InChI is InChI=1S/C14H10FN3O2S/c15-10-3-1-2-9(6-10)7-16-11-4-5-12-13(17-8-21-12)14(11)18(19)20/h1-6,8,16H,7H2. The van der Waals surface area contributed by atoms with E-state index in [1.165, 1.54) is 23.5 Å². The molecule has 0 spiro atoms. The number of anilines is 1. The summed E-state index contributed by atoms with van der Waals surface area (Å²) in [5.74, 6) is -0.334. The highest BCUT2D eigenvalue weighted by Gasteiger charge is 2.20. The minimum absolute atomic E-state index is 0.0508. The van der Waals surface area contributed by atoms with Crippen molar-refractivity contribution in [3.8, 4) is 0 Å². The van der Waals surface area contributed by atoms with Gasteiger partial charge in [-0.1, -0.05) is 12.1 Å². The van der Waals surface area contributed by atoms with Crippen LogP contribution in [0, 0.1) is 15.9 Å². The van der Waals surface area contributed by atoms with E-state index in [1.807, 2.05) is 0 Å². The first-order chi connectivity index (χ1) is 10.1. The number of thiazole rings is 1. The Morgan fingerprint density at radius 1 is 1.33 bits per heavy atom. The molecule has 0 aliphatic carbocycles. The van der Waals surface area contributed by atoms with Crippen molar-refractivity contribution < 1.29 is 9.31 Å². The fraction of sp³-hybridized carbons (Fsp3) is 0.0714. The van der Waals surface area contributed by atoms with Gasteiger partial charge in [-0.25, -0.2) is 9.37 Å². The predicted molar refractivity (Wildman–Crippen MR) is 80.0 cm³/mol. The summed E-state index contributed by atoms with van der Waals surface area (Å²) in [4.78, 5) is 14.9. The molecule has 0 amide bonds. The van der Waals surface area contributed by atoms with E-state index in [4.69, 9.17) is 0 Å². The van der Waals surface area contributed by atoms with Crippen molar-refractivity contribution in [3.63, 3.8) is 0 Å². The summed E-state index contributed by atoms with van der Waals surface area (Å²) in [6.07, 6.45) is 0. The summed E-state index contributed by atoms with van der Waals surface area (Å²) < 4.78 is 13.9. The van der Waals surface area contributed by atoms with Crippen LogP contribution in [0.1, 0.15) is 5.56 Å². The van der Waals surface area contributed by atoms with E-state index in [0.29, 0.717) is 23.3 Å². The van der Waals surface area contributed by atoms with Crippen LogP contribution in [0.2, 0.25) is 0 Å². The summed E-state index contributed by atoms with van der Waals surface area (Å²) in [6, 6.07) is 9.53. The molecule has 0 radical (unpaired) electrons. The zero-order chi connectivity index (χ0) is 14.8. The van der Waals surface area contributed by atoms with Crippen LogP contribution >= 0.6 is 11.3 Å². The topological polar surface area (TPSA) is 68.1 Å². The minimum Gasteiger partial charge on any atom is -0.375 e. The second-order valence-corrected chi connectivity index (χ2v) is 5.29. The fourth-order valence-corrected chi connectivity index (χ4v) is 2.77. The molecule has 0 aliphatic rings. The van der Waals surface area contributed by atoms with Crippen LogP contribution in [0.5, 0.6) is 0 Å². The first-order valence-electron chi connectivity index (χ1n) is 6.14. The van der Waals surface area contributed by atoms with Crippen molar-refractivity contribution in [1.29, 1.82) is 0 Å². The molecule has 0 saturated heterocycles. The van der Waals surface area contributed by atoms with Crippen molar-refractivity contribution in [1.82, 2.24) is 4.98 Å². The molecule has 7 heteroatoms. The van der Waals surface area contributed by atoms with Gasteiger partial charge in [0.25, 0.3) is 0 Å². The fourth-order valence-electron chi connectivity index (χ4n) is 2.09. The van der Waals surface area contributed by atoms with Gasteiger partial charge in [0.2, 0.25) is 0 Å². The van der Waals surface area contributed by atoms with E-state index in [9.17, 15) is 14.5 Å². The number of fused-ring (bicyclic) bond motifs is 1. The average Bonchev–Trinajstić information content (AvgIpc) is 2.92. The Bertz CT molecular complexity index is 819. The highest BCUT2D eigenvalue weighted by molar-refractivity contribution is 7.16. The summed E-state index contributed by atoms with van der Waals surface area (Å²) in [5, 5.41) is 14.2. The second-order valence-electron chi connectivity index (χ2n) is 4.40. The van der Waals surface area contributed by atoms with Crippen LogP contribution in [0.15, 0.2) is 41.9 Å². The van der Waals surface area contributed by atoms with Gasteiger partial charge in [0, 0.05) is 6.54 Å². The molecule has 0 unspecified atom stereocenters. The minimum atomic E-state index is -0.448. The van der Waals surface area contributed by atoms with Crippen molar-refractivity contribution >= 4 is 32.9 Å². The molecule has 0 aliphatic heterocycles. The van der Waals surface area contributed by atoms with E-state index >= 15 is 0 Å². The van der Waals surface area contributed by atoms with E-state index < -0.39 is 4.92 Å². The molecule has 0 atom stereocenters. The molecule has 0 fully saturated rings. The molecular weight excluding hydrogens is 293 g/mol. The SMILES string of the molecule is O=[N+]([O-])c1c(NCc2cccc(F)c2)ccc2scnc12. The number of nitro groups is 1. The molecule has 1 aromatic heterocycles. The summed E-state index contributed by atoms with van der Waals surface area (Å²) in [5.41, 5.74) is 2.98. The van der Waals surface area contributed by atoms with Gasteiger partial charge >= 0.3 is 5.69 Å². The number of nitrogens with zero attached hydrogens (tertiary/aromatic N) is 2. The monoisotopic (exact) mass is 303 g/mol. The molecule has 1 heterocycles. The molecule has 2 aromatic carbocycles. The predicted octanol–water partition coefficient (Wildman–Crippen LogP) is 3.96. The number of nitro benzene ring substituents is 1. The first-order valence-corrected chi connectivity index (χ1v) is 7.02. The highest BCUT2D eigenvalue weighted by Crippen LogP contribution is 2.34. The van der Waals surface area contributed by atoms with Crippen molar-refractivity contribution in [2.75, 3.05) is 5.32 Å². The Labute approximate surface area is 123 Å². The lowest BCUT2D eigenvalue weighted by molar-refractivity contribution is -0.382. The summed E-state index contributed by atoms with van der Waals surface area (Å²) in [7, 11) is 0. The van der Waals surface area contributed by atoms with Crippen LogP contribution in [-0.4, -0.2) is 9.91 Å². The van der Waals surface area contributed by atoms with Gasteiger partial charge in [-0.15, -0.1) is 11.3 Å². The maximum atomic E-state index is 13.1. The van der Waals surface area contributed by atoms with Crippen molar-refractivity contribution in [3.05, 3.63) is 63.4 Å². The molecule has 5 nitrogen and oxygen atoms in total. The van der Waals surface area contributed by atoms with Crippen LogP contribution < -0.4 is 5.32 Å². The zero-order valence-corrected chi connectivity index (χ0v) is 11.6. The maximum Gasteiger partial charge on any atom is 0.319 e. The number of halogens is 1. The van der Waals surface area contributed by atoms with E-state index in [1.54, 1.807) is 29.8 Å². The normalized spacial score (nSPS) is 10.7.